The first-order chi connectivity index (χ1) is 9.28. The first kappa shape index (κ1) is 18.8. The van der Waals surface area contributed by atoms with E-state index in [-0.39, 0.29) is 0 Å². The summed E-state index contributed by atoms with van der Waals surface area (Å²) in [5, 5.41) is 6.61. The van der Waals surface area contributed by atoms with E-state index in [1.165, 1.54) is 52.1 Å². The lowest BCUT2D eigenvalue weighted by Gasteiger charge is -2.26. The van der Waals surface area contributed by atoms with Crippen LogP contribution in [0.1, 0.15) is 33.6 Å². The second-order valence-electron chi connectivity index (χ2n) is 5.03. The number of hydrogen-bond acceptors (Lipinski definition) is 4. The summed E-state index contributed by atoms with van der Waals surface area (Å²) in [4.78, 5) is 5.13. The molecule has 0 radical (unpaired) electrons. The Morgan fingerprint density at radius 2 is 1.26 bits per heavy atom. The third kappa shape index (κ3) is 11.4. The van der Waals surface area contributed by atoms with Crippen molar-refractivity contribution in [3.8, 4) is 0 Å². The second kappa shape index (κ2) is 14.3. The molecule has 0 aromatic heterocycles. The fourth-order valence-corrected chi connectivity index (χ4v) is 2.22. The second-order valence-corrected chi connectivity index (χ2v) is 5.03. The molecule has 0 spiro atoms. The molecule has 0 aromatic carbocycles. The largest absolute Gasteiger partial charge is 0.320 e. The molecule has 0 aliphatic heterocycles. The Morgan fingerprint density at radius 1 is 0.737 bits per heavy atom. The van der Waals surface area contributed by atoms with Gasteiger partial charge in [0.2, 0.25) is 0 Å². The van der Waals surface area contributed by atoms with Crippen LogP contribution in [0.5, 0.6) is 0 Å². The molecule has 0 atom stereocenters. The number of nitrogens with one attached hydrogen (secondary N) is 2. The molecule has 116 valence electrons. The van der Waals surface area contributed by atoms with Crippen LogP contribution in [0.2, 0.25) is 0 Å². The van der Waals surface area contributed by atoms with E-state index in [1.807, 2.05) is 7.05 Å². The summed E-state index contributed by atoms with van der Waals surface area (Å²) in [6, 6.07) is 0. The molecule has 19 heavy (non-hydrogen) atoms. The van der Waals surface area contributed by atoms with E-state index < -0.39 is 0 Å². The quantitative estimate of drug-likeness (QED) is 0.466. The van der Waals surface area contributed by atoms with Crippen molar-refractivity contribution >= 4 is 0 Å². The van der Waals surface area contributed by atoms with Crippen LogP contribution in [-0.2, 0) is 0 Å². The minimum Gasteiger partial charge on any atom is -0.320 e. The Bertz CT molecular complexity index is 176. The van der Waals surface area contributed by atoms with Gasteiger partial charge in [-0.25, -0.2) is 0 Å². The van der Waals surface area contributed by atoms with E-state index in [0.717, 1.165) is 19.6 Å². The van der Waals surface area contributed by atoms with Gasteiger partial charge in [-0.1, -0.05) is 20.8 Å². The Hall–Kier alpha value is -0.160. The van der Waals surface area contributed by atoms with Crippen LogP contribution in [0.15, 0.2) is 0 Å². The van der Waals surface area contributed by atoms with Crippen molar-refractivity contribution in [3.05, 3.63) is 0 Å². The van der Waals surface area contributed by atoms with Gasteiger partial charge in [-0.05, 0) is 65.7 Å². The minimum absolute atomic E-state index is 1.08. The van der Waals surface area contributed by atoms with E-state index >= 15 is 0 Å². The van der Waals surface area contributed by atoms with Gasteiger partial charge in [0.15, 0.2) is 0 Å². The van der Waals surface area contributed by atoms with Gasteiger partial charge >= 0.3 is 0 Å². The highest BCUT2D eigenvalue weighted by Crippen LogP contribution is 1.95. The molecule has 0 bridgehead atoms. The van der Waals surface area contributed by atoms with Crippen molar-refractivity contribution in [3.63, 3.8) is 0 Å². The summed E-state index contributed by atoms with van der Waals surface area (Å²) in [5.41, 5.74) is 0. The van der Waals surface area contributed by atoms with Crippen molar-refractivity contribution in [2.24, 2.45) is 0 Å². The molecular formula is C15H36N4. The summed E-state index contributed by atoms with van der Waals surface area (Å²) in [7, 11) is 2.03. The Kier molecular flexibility index (Phi) is 14.1. The number of likely N-dealkylation sites (N-methyl/N-ethyl adjacent to an activating group) is 2. The lowest BCUT2D eigenvalue weighted by Crippen LogP contribution is -2.37. The van der Waals surface area contributed by atoms with Crippen LogP contribution in [0, 0.1) is 0 Å². The first-order valence-corrected chi connectivity index (χ1v) is 8.08. The molecule has 0 unspecified atom stereocenters. The van der Waals surface area contributed by atoms with E-state index in [4.69, 9.17) is 0 Å². The minimum atomic E-state index is 1.08. The topological polar surface area (TPSA) is 30.5 Å². The van der Waals surface area contributed by atoms with Crippen molar-refractivity contribution in [2.75, 3.05) is 66.0 Å². The predicted molar refractivity (Wildman–Crippen MR) is 85.9 cm³/mol. The molecule has 0 aliphatic carbocycles. The lowest BCUT2D eigenvalue weighted by atomic mass is 10.3. The average molecular weight is 272 g/mol. The summed E-state index contributed by atoms with van der Waals surface area (Å²) in [5.74, 6) is 0. The summed E-state index contributed by atoms with van der Waals surface area (Å²) < 4.78 is 0. The molecule has 0 rings (SSSR count). The molecule has 0 fully saturated rings. The Labute approximate surface area is 120 Å². The van der Waals surface area contributed by atoms with Crippen LogP contribution in [0.3, 0.4) is 0 Å². The van der Waals surface area contributed by atoms with E-state index in [2.05, 4.69) is 41.2 Å². The summed E-state index contributed by atoms with van der Waals surface area (Å²) in [6.07, 6.45) is 2.50. The molecule has 0 amide bonds. The predicted octanol–water partition coefficient (Wildman–Crippen LogP) is 1.24. The summed E-state index contributed by atoms with van der Waals surface area (Å²) >= 11 is 0. The van der Waals surface area contributed by atoms with E-state index in [0.29, 0.717) is 0 Å². The van der Waals surface area contributed by atoms with Gasteiger partial charge in [-0.15, -0.1) is 0 Å². The van der Waals surface area contributed by atoms with Crippen LogP contribution >= 0.6 is 0 Å². The standard InChI is InChI=1S/C15H36N4/c1-5-17-11-9-13-19(7-3)15-14-18(6-2)12-8-10-16-4/h16-17H,5-15H2,1-4H3. The molecule has 4 nitrogen and oxygen atoms in total. The van der Waals surface area contributed by atoms with E-state index in [1.54, 1.807) is 0 Å². The number of hydrogen-bond donors (Lipinski definition) is 2. The maximum atomic E-state index is 3.39. The zero-order chi connectivity index (χ0) is 14.3. The molecule has 0 aromatic rings. The molecule has 0 saturated heterocycles. The number of rotatable bonds is 14. The number of nitrogens with zero attached hydrogens (tertiary/aromatic N) is 2. The van der Waals surface area contributed by atoms with Crippen LogP contribution < -0.4 is 10.6 Å². The lowest BCUT2D eigenvalue weighted by molar-refractivity contribution is 0.211. The fraction of sp³-hybridized carbons (Fsp3) is 1.00. The van der Waals surface area contributed by atoms with Crippen LogP contribution in [0.25, 0.3) is 0 Å². The zero-order valence-corrected chi connectivity index (χ0v) is 13.7. The van der Waals surface area contributed by atoms with Gasteiger partial charge in [-0.2, -0.15) is 0 Å². The third-order valence-corrected chi connectivity index (χ3v) is 3.61. The van der Waals surface area contributed by atoms with Gasteiger partial charge < -0.3 is 20.4 Å². The van der Waals surface area contributed by atoms with Crippen molar-refractivity contribution < 1.29 is 0 Å². The van der Waals surface area contributed by atoms with Gasteiger partial charge in [0, 0.05) is 13.1 Å². The average Bonchev–Trinajstić information content (AvgIpc) is 2.44. The SMILES string of the molecule is CCNCCCN(CC)CCN(CC)CCCNC. The molecule has 0 heterocycles. The summed E-state index contributed by atoms with van der Waals surface area (Å²) in [6.45, 7) is 17.2. The first-order valence-electron chi connectivity index (χ1n) is 8.08. The van der Waals surface area contributed by atoms with Crippen molar-refractivity contribution in [1.29, 1.82) is 0 Å². The molecular weight excluding hydrogens is 236 g/mol. The highest BCUT2D eigenvalue weighted by Gasteiger charge is 2.06. The highest BCUT2D eigenvalue weighted by atomic mass is 15.2. The maximum Gasteiger partial charge on any atom is 0.0109 e. The van der Waals surface area contributed by atoms with Gasteiger partial charge in [0.25, 0.3) is 0 Å². The van der Waals surface area contributed by atoms with Crippen LogP contribution in [0.4, 0.5) is 0 Å². The van der Waals surface area contributed by atoms with Gasteiger partial charge in [0.05, 0.1) is 0 Å². The Morgan fingerprint density at radius 3 is 1.68 bits per heavy atom. The van der Waals surface area contributed by atoms with Crippen molar-refractivity contribution in [2.45, 2.75) is 33.6 Å². The van der Waals surface area contributed by atoms with Crippen LogP contribution in [-0.4, -0.2) is 75.8 Å². The van der Waals surface area contributed by atoms with E-state index in [9.17, 15) is 0 Å². The monoisotopic (exact) mass is 272 g/mol. The van der Waals surface area contributed by atoms with Gasteiger partial charge in [-0.3, -0.25) is 0 Å². The maximum absolute atomic E-state index is 3.39. The molecule has 2 N–H and O–H groups in total. The molecule has 0 saturated carbocycles. The fourth-order valence-electron chi connectivity index (χ4n) is 2.22. The zero-order valence-electron chi connectivity index (χ0n) is 13.7. The molecule has 4 heteroatoms. The Balaban J connectivity index is 3.70. The van der Waals surface area contributed by atoms with Crippen molar-refractivity contribution in [1.82, 2.24) is 20.4 Å². The van der Waals surface area contributed by atoms with Gasteiger partial charge in [0.1, 0.15) is 0 Å². The third-order valence-electron chi connectivity index (χ3n) is 3.61. The molecule has 0 aliphatic rings. The highest BCUT2D eigenvalue weighted by molar-refractivity contribution is 4.63. The smallest absolute Gasteiger partial charge is 0.0109 e. The normalized spacial score (nSPS) is 11.7.